The van der Waals surface area contributed by atoms with Crippen LogP contribution in [-0.2, 0) is 0 Å². The van der Waals surface area contributed by atoms with Crippen molar-refractivity contribution in [3.05, 3.63) is 17.6 Å². The van der Waals surface area contributed by atoms with Crippen molar-refractivity contribution < 1.29 is 0 Å². The van der Waals surface area contributed by atoms with Crippen LogP contribution in [0.15, 0.2) is 6.20 Å². The maximum atomic E-state index is 8.42. The van der Waals surface area contributed by atoms with Crippen LogP contribution >= 0.6 is 0 Å². The largest absolute Gasteiger partial charge is 0.382 e. The van der Waals surface area contributed by atoms with Crippen LogP contribution in [0.4, 0.5) is 5.82 Å². The maximum Gasteiger partial charge on any atom is 0.161 e. The summed E-state index contributed by atoms with van der Waals surface area (Å²) >= 11 is 0. The van der Waals surface area contributed by atoms with Crippen LogP contribution in [0.2, 0.25) is 0 Å². The van der Waals surface area contributed by atoms with Gasteiger partial charge in [0.25, 0.3) is 0 Å². The van der Waals surface area contributed by atoms with Gasteiger partial charge in [-0.05, 0) is 6.92 Å². The summed E-state index contributed by atoms with van der Waals surface area (Å²) in [4.78, 5) is 7.58. The van der Waals surface area contributed by atoms with E-state index >= 15 is 0 Å². The number of nitrogen functional groups attached to an aromatic ring is 1. The summed E-state index contributed by atoms with van der Waals surface area (Å²) in [5.74, 6) is 0.344. The standard InChI is InChI=1S/C6H6N4/c1-4-5(2-7)9-3-6(8)10-4/h3H,1H3,(H2,8,10). The number of anilines is 1. The zero-order chi connectivity index (χ0) is 7.56. The highest BCUT2D eigenvalue weighted by atomic mass is 14.9. The summed E-state index contributed by atoms with van der Waals surface area (Å²) in [7, 11) is 0. The van der Waals surface area contributed by atoms with Gasteiger partial charge in [0.15, 0.2) is 5.69 Å². The predicted octanol–water partition coefficient (Wildman–Crippen LogP) is 0.239. The van der Waals surface area contributed by atoms with Gasteiger partial charge in [-0.2, -0.15) is 5.26 Å². The molecule has 1 aromatic heterocycles. The van der Waals surface area contributed by atoms with Crippen molar-refractivity contribution in [1.29, 1.82) is 5.26 Å². The second-order valence-electron chi connectivity index (χ2n) is 1.84. The molecule has 0 unspecified atom stereocenters. The molecule has 1 rings (SSSR count). The highest BCUT2D eigenvalue weighted by Gasteiger charge is 1.97. The lowest BCUT2D eigenvalue weighted by Crippen LogP contribution is -1.97. The number of nitriles is 1. The lowest BCUT2D eigenvalue weighted by Gasteiger charge is -1.94. The summed E-state index contributed by atoms with van der Waals surface area (Å²) < 4.78 is 0. The van der Waals surface area contributed by atoms with E-state index in [0.717, 1.165) is 0 Å². The Labute approximate surface area is 58.3 Å². The van der Waals surface area contributed by atoms with Crippen LogP contribution in [0.1, 0.15) is 11.4 Å². The topological polar surface area (TPSA) is 75.6 Å². The minimum Gasteiger partial charge on any atom is -0.382 e. The summed E-state index contributed by atoms with van der Waals surface area (Å²) in [6.07, 6.45) is 1.37. The molecule has 0 bridgehead atoms. The van der Waals surface area contributed by atoms with Gasteiger partial charge in [0.1, 0.15) is 11.9 Å². The van der Waals surface area contributed by atoms with E-state index in [9.17, 15) is 0 Å². The average Bonchev–Trinajstić information content (AvgIpc) is 1.88. The number of aromatic nitrogens is 2. The van der Waals surface area contributed by atoms with Gasteiger partial charge in [-0.1, -0.05) is 0 Å². The van der Waals surface area contributed by atoms with E-state index in [4.69, 9.17) is 11.0 Å². The van der Waals surface area contributed by atoms with Gasteiger partial charge in [0.05, 0.1) is 11.9 Å². The fourth-order valence-corrected chi connectivity index (χ4v) is 0.609. The second kappa shape index (κ2) is 2.31. The van der Waals surface area contributed by atoms with Crippen molar-refractivity contribution in [3.8, 4) is 6.07 Å². The molecule has 0 spiro atoms. The number of hydrogen-bond acceptors (Lipinski definition) is 4. The molecule has 1 aromatic rings. The first-order valence-electron chi connectivity index (χ1n) is 2.73. The number of hydrogen-bond donors (Lipinski definition) is 1. The van der Waals surface area contributed by atoms with Crippen LogP contribution in [0, 0.1) is 18.3 Å². The van der Waals surface area contributed by atoms with Crippen LogP contribution in [0.25, 0.3) is 0 Å². The molecule has 10 heavy (non-hydrogen) atoms. The Morgan fingerprint density at radius 2 is 2.40 bits per heavy atom. The molecule has 0 fully saturated rings. The summed E-state index contributed by atoms with van der Waals surface area (Å²) in [5, 5.41) is 8.42. The van der Waals surface area contributed by atoms with E-state index in [1.165, 1.54) is 6.20 Å². The first kappa shape index (κ1) is 6.49. The van der Waals surface area contributed by atoms with E-state index < -0.39 is 0 Å². The van der Waals surface area contributed by atoms with Gasteiger partial charge in [-0.15, -0.1) is 0 Å². The summed E-state index contributed by atoms with van der Waals surface area (Å²) in [6.45, 7) is 1.70. The summed E-state index contributed by atoms with van der Waals surface area (Å²) in [6, 6.07) is 1.89. The summed E-state index contributed by atoms with van der Waals surface area (Å²) in [5.41, 5.74) is 6.20. The normalized spacial score (nSPS) is 8.80. The number of nitrogens with zero attached hydrogens (tertiary/aromatic N) is 3. The Bertz CT molecular complexity index is 286. The Morgan fingerprint density at radius 1 is 1.70 bits per heavy atom. The Balaban J connectivity index is 3.23. The fourth-order valence-electron chi connectivity index (χ4n) is 0.609. The molecule has 0 saturated heterocycles. The average molecular weight is 134 g/mol. The first-order valence-corrected chi connectivity index (χ1v) is 2.73. The van der Waals surface area contributed by atoms with E-state index in [1.54, 1.807) is 6.92 Å². The van der Waals surface area contributed by atoms with Gasteiger partial charge in [0, 0.05) is 0 Å². The minimum atomic E-state index is 0.328. The minimum absolute atomic E-state index is 0.328. The Morgan fingerprint density at radius 3 is 2.90 bits per heavy atom. The predicted molar refractivity (Wildman–Crippen MR) is 35.9 cm³/mol. The van der Waals surface area contributed by atoms with Crippen LogP contribution in [0.3, 0.4) is 0 Å². The monoisotopic (exact) mass is 134 g/mol. The maximum absolute atomic E-state index is 8.42. The molecule has 0 amide bonds. The fraction of sp³-hybridized carbons (Fsp3) is 0.167. The van der Waals surface area contributed by atoms with E-state index in [-0.39, 0.29) is 0 Å². The molecule has 0 aliphatic rings. The molecular weight excluding hydrogens is 128 g/mol. The third-order valence-electron chi connectivity index (χ3n) is 1.07. The van der Waals surface area contributed by atoms with E-state index in [0.29, 0.717) is 17.2 Å². The van der Waals surface area contributed by atoms with Gasteiger partial charge in [-0.3, -0.25) is 0 Å². The third kappa shape index (κ3) is 1.03. The van der Waals surface area contributed by atoms with Gasteiger partial charge < -0.3 is 5.73 Å². The molecule has 0 aliphatic carbocycles. The Hall–Kier alpha value is -1.63. The second-order valence-corrected chi connectivity index (χ2v) is 1.84. The van der Waals surface area contributed by atoms with E-state index in [1.807, 2.05) is 6.07 Å². The molecule has 0 saturated carbocycles. The smallest absolute Gasteiger partial charge is 0.161 e. The van der Waals surface area contributed by atoms with Crippen LogP contribution in [0.5, 0.6) is 0 Å². The van der Waals surface area contributed by atoms with Crippen molar-refractivity contribution in [2.45, 2.75) is 6.92 Å². The lowest BCUT2D eigenvalue weighted by atomic mass is 10.3. The third-order valence-corrected chi connectivity index (χ3v) is 1.07. The molecular formula is C6H6N4. The van der Waals surface area contributed by atoms with Gasteiger partial charge >= 0.3 is 0 Å². The lowest BCUT2D eigenvalue weighted by molar-refractivity contribution is 1.10. The molecule has 0 aromatic carbocycles. The molecule has 2 N–H and O–H groups in total. The highest BCUT2D eigenvalue weighted by Crippen LogP contribution is 2.00. The van der Waals surface area contributed by atoms with Gasteiger partial charge in [0.2, 0.25) is 0 Å². The van der Waals surface area contributed by atoms with Crippen molar-refractivity contribution in [3.63, 3.8) is 0 Å². The highest BCUT2D eigenvalue weighted by molar-refractivity contribution is 5.32. The zero-order valence-corrected chi connectivity index (χ0v) is 5.50. The number of rotatable bonds is 0. The molecule has 0 radical (unpaired) electrons. The van der Waals surface area contributed by atoms with Crippen molar-refractivity contribution in [2.24, 2.45) is 0 Å². The number of nitrogens with two attached hydrogens (primary N) is 1. The number of aryl methyl sites for hydroxylation is 1. The van der Waals surface area contributed by atoms with Crippen molar-refractivity contribution >= 4 is 5.82 Å². The van der Waals surface area contributed by atoms with Gasteiger partial charge in [-0.25, -0.2) is 9.97 Å². The Kier molecular flexibility index (Phi) is 1.50. The quantitative estimate of drug-likeness (QED) is 0.551. The zero-order valence-electron chi connectivity index (χ0n) is 5.50. The molecule has 4 heteroatoms. The molecule has 1 heterocycles. The van der Waals surface area contributed by atoms with E-state index in [2.05, 4.69) is 9.97 Å². The molecule has 0 atom stereocenters. The molecule has 4 nitrogen and oxygen atoms in total. The molecule has 0 aliphatic heterocycles. The van der Waals surface area contributed by atoms with Crippen LogP contribution in [-0.4, -0.2) is 9.97 Å². The van der Waals surface area contributed by atoms with Crippen LogP contribution < -0.4 is 5.73 Å². The first-order chi connectivity index (χ1) is 4.74. The molecule has 50 valence electrons. The van der Waals surface area contributed by atoms with Crippen molar-refractivity contribution in [1.82, 2.24) is 9.97 Å². The SMILES string of the molecule is Cc1nc(N)cnc1C#N. The van der Waals surface area contributed by atoms with Crippen molar-refractivity contribution in [2.75, 3.05) is 5.73 Å².